The van der Waals surface area contributed by atoms with Crippen molar-refractivity contribution in [2.24, 2.45) is 5.73 Å². The lowest BCUT2D eigenvalue weighted by atomic mass is 10.1. The first-order chi connectivity index (χ1) is 10.5. The molecule has 0 saturated carbocycles. The molecule has 0 spiro atoms. The quantitative estimate of drug-likeness (QED) is 0.810. The van der Waals surface area contributed by atoms with E-state index in [2.05, 4.69) is 10.6 Å². The van der Waals surface area contributed by atoms with Crippen molar-refractivity contribution in [2.75, 3.05) is 29.6 Å². The number of primary amides is 1. The number of benzene rings is 2. The highest BCUT2D eigenvalue weighted by atomic mass is 16.2. The summed E-state index contributed by atoms with van der Waals surface area (Å²) in [6.45, 7) is 0. The van der Waals surface area contributed by atoms with Gasteiger partial charge < -0.3 is 21.3 Å². The first kappa shape index (κ1) is 15.4. The molecule has 2 rings (SSSR count). The van der Waals surface area contributed by atoms with Crippen molar-refractivity contribution in [1.29, 1.82) is 0 Å². The number of anilines is 3. The molecule has 2 aromatic carbocycles. The fourth-order valence-electron chi connectivity index (χ4n) is 1.95. The van der Waals surface area contributed by atoms with Crippen molar-refractivity contribution in [2.45, 2.75) is 0 Å². The lowest BCUT2D eigenvalue weighted by Crippen LogP contribution is -2.19. The van der Waals surface area contributed by atoms with Crippen molar-refractivity contribution in [3.8, 4) is 0 Å². The van der Waals surface area contributed by atoms with Gasteiger partial charge in [-0.25, -0.2) is 4.79 Å². The van der Waals surface area contributed by atoms with Gasteiger partial charge in [0, 0.05) is 36.7 Å². The van der Waals surface area contributed by atoms with Crippen LogP contribution in [0.3, 0.4) is 0 Å². The Morgan fingerprint density at radius 1 is 0.955 bits per heavy atom. The molecule has 4 N–H and O–H groups in total. The van der Waals surface area contributed by atoms with Gasteiger partial charge in [-0.05, 0) is 36.4 Å². The van der Waals surface area contributed by atoms with Crippen molar-refractivity contribution in [3.63, 3.8) is 0 Å². The van der Waals surface area contributed by atoms with Gasteiger partial charge in [0.05, 0.1) is 0 Å². The van der Waals surface area contributed by atoms with E-state index in [1.54, 1.807) is 36.4 Å². The Hall–Kier alpha value is -3.02. The molecular weight excluding hydrogens is 280 g/mol. The minimum Gasteiger partial charge on any atom is -0.378 e. The predicted molar refractivity (Wildman–Crippen MR) is 88.4 cm³/mol. The molecule has 2 aromatic rings. The number of carbonyl (C=O) groups excluding carboxylic acids is 2. The Kier molecular flexibility index (Phi) is 4.63. The van der Waals surface area contributed by atoms with Crippen LogP contribution < -0.4 is 21.3 Å². The highest BCUT2D eigenvalue weighted by Crippen LogP contribution is 2.18. The average molecular weight is 298 g/mol. The summed E-state index contributed by atoms with van der Waals surface area (Å²) in [7, 11) is 3.83. The fraction of sp³-hybridized carbons (Fsp3) is 0.125. The maximum atomic E-state index is 12.3. The second kappa shape index (κ2) is 6.62. The summed E-state index contributed by atoms with van der Waals surface area (Å²) in [5.74, 6) is -0.222. The number of carbonyl (C=O) groups is 2. The van der Waals surface area contributed by atoms with Crippen LogP contribution in [0, 0.1) is 0 Å². The Bertz CT molecular complexity index is 698. The van der Waals surface area contributed by atoms with E-state index in [0.29, 0.717) is 16.9 Å². The molecule has 0 aromatic heterocycles. The largest absolute Gasteiger partial charge is 0.378 e. The van der Waals surface area contributed by atoms with E-state index in [0.717, 1.165) is 5.69 Å². The van der Waals surface area contributed by atoms with Crippen LogP contribution >= 0.6 is 0 Å². The van der Waals surface area contributed by atoms with Gasteiger partial charge in [-0.15, -0.1) is 0 Å². The van der Waals surface area contributed by atoms with Crippen molar-refractivity contribution >= 4 is 29.0 Å². The number of hydrogen-bond acceptors (Lipinski definition) is 3. The van der Waals surface area contributed by atoms with E-state index in [1.165, 1.54) is 0 Å². The lowest BCUT2D eigenvalue weighted by Gasteiger charge is -2.13. The summed E-state index contributed by atoms with van der Waals surface area (Å²) >= 11 is 0. The summed E-state index contributed by atoms with van der Waals surface area (Å²) in [5.41, 5.74) is 7.66. The van der Waals surface area contributed by atoms with Crippen LogP contribution in [0.1, 0.15) is 10.4 Å². The van der Waals surface area contributed by atoms with Gasteiger partial charge in [-0.2, -0.15) is 0 Å². The molecule has 0 atom stereocenters. The van der Waals surface area contributed by atoms with E-state index in [4.69, 9.17) is 5.73 Å². The van der Waals surface area contributed by atoms with E-state index in [9.17, 15) is 9.59 Å². The summed E-state index contributed by atoms with van der Waals surface area (Å²) in [5, 5.41) is 5.25. The minimum atomic E-state index is -0.651. The van der Waals surface area contributed by atoms with Crippen molar-refractivity contribution < 1.29 is 9.59 Å². The topological polar surface area (TPSA) is 87.5 Å². The number of urea groups is 1. The maximum absolute atomic E-state index is 12.3. The van der Waals surface area contributed by atoms with Crippen LogP contribution in [0.5, 0.6) is 0 Å². The van der Waals surface area contributed by atoms with Crippen LogP contribution in [0.4, 0.5) is 21.9 Å². The predicted octanol–water partition coefficient (Wildman–Crippen LogP) is 2.50. The smallest absolute Gasteiger partial charge is 0.316 e. The molecule has 6 heteroatoms. The maximum Gasteiger partial charge on any atom is 0.316 e. The molecule has 3 amide bonds. The summed E-state index contributed by atoms with van der Waals surface area (Å²) in [6, 6.07) is 13.4. The summed E-state index contributed by atoms with van der Waals surface area (Å²) in [4.78, 5) is 25.0. The van der Waals surface area contributed by atoms with E-state index in [1.807, 2.05) is 31.1 Å². The Balaban J connectivity index is 2.15. The van der Waals surface area contributed by atoms with E-state index < -0.39 is 6.03 Å². The summed E-state index contributed by atoms with van der Waals surface area (Å²) < 4.78 is 0. The fourth-order valence-corrected chi connectivity index (χ4v) is 1.95. The highest BCUT2D eigenvalue weighted by Gasteiger charge is 2.08. The van der Waals surface area contributed by atoms with Gasteiger partial charge in [-0.3, -0.25) is 4.79 Å². The second-order valence-corrected chi connectivity index (χ2v) is 4.97. The molecule has 0 unspecified atom stereocenters. The third-order valence-electron chi connectivity index (χ3n) is 3.01. The number of amides is 3. The zero-order chi connectivity index (χ0) is 16.1. The van der Waals surface area contributed by atoms with Crippen LogP contribution in [-0.4, -0.2) is 26.0 Å². The zero-order valence-electron chi connectivity index (χ0n) is 12.5. The van der Waals surface area contributed by atoms with Gasteiger partial charge in [0.15, 0.2) is 0 Å². The normalized spacial score (nSPS) is 9.91. The lowest BCUT2D eigenvalue weighted by molar-refractivity contribution is 0.102. The molecule has 0 fully saturated rings. The molecule has 0 saturated heterocycles. The highest BCUT2D eigenvalue weighted by molar-refractivity contribution is 6.05. The average Bonchev–Trinajstić information content (AvgIpc) is 2.47. The Morgan fingerprint density at radius 2 is 1.59 bits per heavy atom. The Labute approximate surface area is 128 Å². The molecule has 0 aliphatic heterocycles. The van der Waals surface area contributed by atoms with Crippen molar-refractivity contribution in [1.82, 2.24) is 0 Å². The number of nitrogens with one attached hydrogen (secondary N) is 2. The van der Waals surface area contributed by atoms with E-state index >= 15 is 0 Å². The van der Waals surface area contributed by atoms with Crippen LogP contribution in [0.15, 0.2) is 48.5 Å². The molecule has 0 heterocycles. The molecule has 6 nitrogen and oxygen atoms in total. The van der Waals surface area contributed by atoms with Crippen molar-refractivity contribution in [3.05, 3.63) is 54.1 Å². The molecule has 0 radical (unpaired) electrons. The van der Waals surface area contributed by atoms with Crippen LogP contribution in [0.2, 0.25) is 0 Å². The number of nitrogens with two attached hydrogens (primary N) is 1. The first-order valence-corrected chi connectivity index (χ1v) is 6.71. The molecule has 0 aliphatic carbocycles. The Morgan fingerprint density at radius 3 is 2.23 bits per heavy atom. The molecule has 0 aliphatic rings. The first-order valence-electron chi connectivity index (χ1n) is 6.71. The van der Waals surface area contributed by atoms with Gasteiger partial charge in [-0.1, -0.05) is 12.1 Å². The monoisotopic (exact) mass is 298 g/mol. The van der Waals surface area contributed by atoms with Gasteiger partial charge >= 0.3 is 6.03 Å². The number of hydrogen-bond donors (Lipinski definition) is 3. The van der Waals surface area contributed by atoms with E-state index in [-0.39, 0.29) is 5.91 Å². The second-order valence-electron chi connectivity index (χ2n) is 4.97. The standard InChI is InChI=1S/C16H18N4O2/c1-20(2)14-8-3-5-11(9-14)15(21)18-12-6-4-7-13(10-12)19-16(17)22/h3-10H,1-2H3,(H,18,21)(H3,17,19,22). The molecular formula is C16H18N4O2. The zero-order valence-corrected chi connectivity index (χ0v) is 12.5. The number of rotatable bonds is 4. The third kappa shape index (κ3) is 3.99. The van der Waals surface area contributed by atoms with Crippen LogP contribution in [-0.2, 0) is 0 Å². The van der Waals surface area contributed by atoms with Crippen LogP contribution in [0.25, 0.3) is 0 Å². The minimum absolute atomic E-state index is 0.222. The molecule has 114 valence electrons. The molecule has 22 heavy (non-hydrogen) atoms. The SMILES string of the molecule is CN(C)c1cccc(C(=O)Nc2cccc(NC(N)=O)c2)c1. The third-order valence-corrected chi connectivity index (χ3v) is 3.01. The van der Waals surface area contributed by atoms with Gasteiger partial charge in [0.1, 0.15) is 0 Å². The van der Waals surface area contributed by atoms with Gasteiger partial charge in [0.2, 0.25) is 0 Å². The van der Waals surface area contributed by atoms with Gasteiger partial charge in [0.25, 0.3) is 5.91 Å². The number of nitrogens with zero attached hydrogens (tertiary/aromatic N) is 1. The summed E-state index contributed by atoms with van der Waals surface area (Å²) in [6.07, 6.45) is 0. The molecule has 0 bridgehead atoms.